The zero-order valence-corrected chi connectivity index (χ0v) is 8.59. The highest BCUT2D eigenvalue weighted by atomic mass is 14.0. The molecule has 0 saturated carbocycles. The van der Waals surface area contributed by atoms with Crippen molar-refractivity contribution >= 4 is 10.8 Å². The molecule has 0 aromatic heterocycles. The number of hydrogen-bond donors (Lipinski definition) is 0. The minimum absolute atomic E-state index is 1.19. The number of rotatable bonds is 3. The van der Waals surface area contributed by atoms with E-state index in [1.54, 1.807) is 0 Å². The Balaban J connectivity index is 2.43. The monoisotopic (exact) mass is 183 g/mol. The van der Waals surface area contributed by atoms with Crippen LogP contribution in [0.3, 0.4) is 0 Å². The Morgan fingerprint density at radius 3 is 3.00 bits per heavy atom. The molecule has 2 aromatic carbocycles. The Morgan fingerprint density at radius 2 is 2.14 bits per heavy atom. The average Bonchev–Trinajstić information content (AvgIpc) is 2.26. The Hall–Kier alpha value is -1.30. The van der Waals surface area contributed by atoms with Gasteiger partial charge < -0.3 is 0 Å². The summed E-state index contributed by atoms with van der Waals surface area (Å²) < 4.78 is 0. The van der Waals surface area contributed by atoms with Crippen molar-refractivity contribution in [1.29, 1.82) is 0 Å². The summed E-state index contributed by atoms with van der Waals surface area (Å²) in [6.07, 6.45) is 3.73. The van der Waals surface area contributed by atoms with Gasteiger partial charge in [-0.15, -0.1) is 0 Å². The molecular weight excluding hydrogens is 168 g/mol. The Kier molecular flexibility index (Phi) is 2.83. The van der Waals surface area contributed by atoms with E-state index in [2.05, 4.69) is 43.3 Å². The summed E-state index contributed by atoms with van der Waals surface area (Å²) in [5.41, 5.74) is 1.47. The Bertz CT molecular complexity index is 410. The third kappa shape index (κ3) is 1.79. The SMILES string of the molecule is CCCCc1cccc2c[c]ccc12. The minimum Gasteiger partial charge on any atom is -0.0654 e. The average molecular weight is 183 g/mol. The first-order valence-electron chi connectivity index (χ1n) is 5.29. The van der Waals surface area contributed by atoms with Crippen LogP contribution >= 0.6 is 0 Å². The van der Waals surface area contributed by atoms with Crippen LogP contribution < -0.4 is 0 Å². The first-order chi connectivity index (χ1) is 6.92. The second-order valence-electron chi connectivity index (χ2n) is 3.67. The minimum atomic E-state index is 1.19. The third-order valence-corrected chi connectivity index (χ3v) is 2.61. The molecule has 71 valence electrons. The van der Waals surface area contributed by atoms with E-state index in [0.29, 0.717) is 0 Å². The fraction of sp³-hybridized carbons (Fsp3) is 0.286. The zero-order valence-electron chi connectivity index (χ0n) is 8.59. The van der Waals surface area contributed by atoms with E-state index < -0.39 is 0 Å². The van der Waals surface area contributed by atoms with Gasteiger partial charge in [0.1, 0.15) is 0 Å². The summed E-state index contributed by atoms with van der Waals surface area (Å²) in [5, 5.41) is 2.70. The molecule has 0 unspecified atom stereocenters. The lowest BCUT2D eigenvalue weighted by Crippen LogP contribution is -1.86. The number of benzene rings is 2. The molecule has 2 aromatic rings. The Labute approximate surface area is 85.6 Å². The van der Waals surface area contributed by atoms with E-state index in [1.807, 2.05) is 6.07 Å². The van der Waals surface area contributed by atoms with E-state index >= 15 is 0 Å². The first-order valence-corrected chi connectivity index (χ1v) is 5.29. The smallest absolute Gasteiger partial charge is 0.0151 e. The molecule has 0 nitrogen and oxygen atoms in total. The van der Waals surface area contributed by atoms with Crippen molar-refractivity contribution in [3.63, 3.8) is 0 Å². The van der Waals surface area contributed by atoms with E-state index in [1.165, 1.54) is 35.6 Å². The van der Waals surface area contributed by atoms with Crippen LogP contribution in [0.2, 0.25) is 0 Å². The second-order valence-corrected chi connectivity index (χ2v) is 3.67. The van der Waals surface area contributed by atoms with Gasteiger partial charge in [0.05, 0.1) is 0 Å². The molecule has 0 aliphatic carbocycles. The molecule has 0 amide bonds. The highest BCUT2D eigenvalue weighted by Gasteiger charge is 1.98. The lowest BCUT2D eigenvalue weighted by atomic mass is 10.0. The van der Waals surface area contributed by atoms with Crippen LogP contribution in [-0.4, -0.2) is 0 Å². The van der Waals surface area contributed by atoms with E-state index in [4.69, 9.17) is 0 Å². The molecule has 0 bridgehead atoms. The maximum absolute atomic E-state index is 3.12. The van der Waals surface area contributed by atoms with E-state index in [0.717, 1.165) is 0 Å². The van der Waals surface area contributed by atoms with Crippen LogP contribution in [0.15, 0.2) is 36.4 Å². The van der Waals surface area contributed by atoms with Gasteiger partial charge in [0.25, 0.3) is 0 Å². The molecule has 0 saturated heterocycles. The van der Waals surface area contributed by atoms with Crippen LogP contribution in [0.5, 0.6) is 0 Å². The van der Waals surface area contributed by atoms with Crippen molar-refractivity contribution < 1.29 is 0 Å². The topological polar surface area (TPSA) is 0 Å². The molecule has 0 aliphatic heterocycles. The third-order valence-electron chi connectivity index (χ3n) is 2.61. The quantitative estimate of drug-likeness (QED) is 0.675. The maximum Gasteiger partial charge on any atom is -0.0151 e. The zero-order chi connectivity index (χ0) is 9.80. The van der Waals surface area contributed by atoms with Gasteiger partial charge in [-0.25, -0.2) is 0 Å². The normalized spacial score (nSPS) is 10.6. The molecule has 0 atom stereocenters. The molecule has 2 rings (SSSR count). The fourth-order valence-electron chi connectivity index (χ4n) is 1.82. The summed E-state index contributed by atoms with van der Waals surface area (Å²) in [5.74, 6) is 0. The number of hydrogen-bond acceptors (Lipinski definition) is 0. The summed E-state index contributed by atoms with van der Waals surface area (Å²) >= 11 is 0. The predicted octanol–water partition coefficient (Wildman–Crippen LogP) is 3.98. The number of aryl methyl sites for hydroxylation is 1. The standard InChI is InChI=1S/C14H15/c1-2-3-7-12-9-6-10-13-8-4-5-11-14(12)13/h5-6,8-11H,2-3,7H2,1H3. The largest absolute Gasteiger partial charge is 0.0654 e. The van der Waals surface area contributed by atoms with Crippen LogP contribution in [0.25, 0.3) is 10.8 Å². The van der Waals surface area contributed by atoms with Gasteiger partial charge in [-0.3, -0.25) is 0 Å². The van der Waals surface area contributed by atoms with Crippen molar-refractivity contribution in [2.75, 3.05) is 0 Å². The van der Waals surface area contributed by atoms with Gasteiger partial charge >= 0.3 is 0 Å². The van der Waals surface area contributed by atoms with Crippen molar-refractivity contribution in [3.05, 3.63) is 48.0 Å². The summed E-state index contributed by atoms with van der Waals surface area (Å²) in [6.45, 7) is 2.24. The summed E-state index contributed by atoms with van der Waals surface area (Å²) in [6, 6.07) is 15.9. The summed E-state index contributed by atoms with van der Waals surface area (Å²) in [4.78, 5) is 0. The Morgan fingerprint density at radius 1 is 1.21 bits per heavy atom. The van der Waals surface area contributed by atoms with Crippen LogP contribution in [-0.2, 0) is 6.42 Å². The lowest BCUT2D eigenvalue weighted by molar-refractivity contribution is 0.799. The van der Waals surface area contributed by atoms with Crippen molar-refractivity contribution in [1.82, 2.24) is 0 Å². The molecule has 0 heteroatoms. The molecule has 0 heterocycles. The van der Waals surface area contributed by atoms with Crippen molar-refractivity contribution in [2.45, 2.75) is 26.2 Å². The van der Waals surface area contributed by atoms with Gasteiger partial charge in [0.2, 0.25) is 0 Å². The predicted molar refractivity (Wildman–Crippen MR) is 61.4 cm³/mol. The maximum atomic E-state index is 3.12. The molecular formula is C14H15. The molecule has 1 radical (unpaired) electrons. The van der Waals surface area contributed by atoms with Crippen LogP contribution in [0.1, 0.15) is 25.3 Å². The molecule has 0 spiro atoms. The van der Waals surface area contributed by atoms with Gasteiger partial charge in [-0.1, -0.05) is 43.7 Å². The van der Waals surface area contributed by atoms with Gasteiger partial charge in [0.15, 0.2) is 0 Å². The number of unbranched alkanes of at least 4 members (excludes halogenated alkanes) is 1. The van der Waals surface area contributed by atoms with Gasteiger partial charge in [0, 0.05) is 0 Å². The fourth-order valence-corrected chi connectivity index (χ4v) is 1.82. The van der Waals surface area contributed by atoms with Crippen LogP contribution in [0, 0.1) is 6.07 Å². The first kappa shape index (κ1) is 9.26. The van der Waals surface area contributed by atoms with Gasteiger partial charge in [-0.2, -0.15) is 0 Å². The van der Waals surface area contributed by atoms with Crippen molar-refractivity contribution in [2.24, 2.45) is 0 Å². The highest BCUT2D eigenvalue weighted by Crippen LogP contribution is 2.19. The molecule has 0 fully saturated rings. The van der Waals surface area contributed by atoms with Crippen molar-refractivity contribution in [3.8, 4) is 0 Å². The second kappa shape index (κ2) is 4.28. The molecule has 0 N–H and O–H groups in total. The lowest BCUT2D eigenvalue weighted by Gasteiger charge is -2.04. The molecule has 14 heavy (non-hydrogen) atoms. The summed E-state index contributed by atoms with van der Waals surface area (Å²) in [7, 11) is 0. The van der Waals surface area contributed by atoms with E-state index in [-0.39, 0.29) is 0 Å². The number of fused-ring (bicyclic) bond motifs is 1. The highest BCUT2D eigenvalue weighted by molar-refractivity contribution is 5.85. The van der Waals surface area contributed by atoms with E-state index in [9.17, 15) is 0 Å². The molecule has 0 aliphatic rings. The van der Waals surface area contributed by atoms with Gasteiger partial charge in [-0.05, 0) is 41.3 Å². The van der Waals surface area contributed by atoms with Crippen LogP contribution in [0.4, 0.5) is 0 Å².